The zero-order valence-corrected chi connectivity index (χ0v) is 6.89. The first-order chi connectivity index (χ1) is 5.33. The first kappa shape index (κ1) is 8.05. The molecule has 0 aliphatic carbocycles. The second-order valence-corrected chi connectivity index (χ2v) is 2.92. The summed E-state index contributed by atoms with van der Waals surface area (Å²) in [6.45, 7) is 2.01. The van der Waals surface area contributed by atoms with E-state index in [1.54, 1.807) is 0 Å². The molecule has 0 spiro atoms. The number of rotatable bonds is 2. The molecule has 0 unspecified atom stereocenters. The molecule has 11 heavy (non-hydrogen) atoms. The number of hydrogen-bond donors (Lipinski definition) is 0. The van der Waals surface area contributed by atoms with Gasteiger partial charge in [0.25, 0.3) is 0 Å². The van der Waals surface area contributed by atoms with E-state index in [-0.39, 0.29) is 0 Å². The van der Waals surface area contributed by atoms with Gasteiger partial charge < -0.3 is 0 Å². The second kappa shape index (κ2) is 3.96. The molecule has 0 saturated heterocycles. The third-order valence-electron chi connectivity index (χ3n) is 1.21. The molecule has 1 aromatic carbocycles. The number of nitrogens with zero attached hydrogens (tertiary/aromatic N) is 1. The second-order valence-electron chi connectivity index (χ2n) is 2.09. The van der Waals surface area contributed by atoms with Crippen molar-refractivity contribution in [2.24, 2.45) is 4.40 Å². The van der Waals surface area contributed by atoms with E-state index in [1.165, 1.54) is 11.6 Å². The van der Waals surface area contributed by atoms with Crippen molar-refractivity contribution in [1.29, 1.82) is 0 Å². The lowest BCUT2D eigenvalue weighted by molar-refractivity contribution is 0.566. The van der Waals surface area contributed by atoms with Crippen molar-refractivity contribution in [3.8, 4) is 0 Å². The molecule has 0 bridgehead atoms. The molecule has 1 rings (SSSR count). The molecule has 3 heteroatoms. The van der Waals surface area contributed by atoms with Crippen molar-refractivity contribution in [2.45, 2.75) is 11.8 Å². The summed E-state index contributed by atoms with van der Waals surface area (Å²) in [7, 11) is 0. The van der Waals surface area contributed by atoms with Crippen LogP contribution in [0.3, 0.4) is 0 Å². The Kier molecular flexibility index (Phi) is 2.90. The van der Waals surface area contributed by atoms with Gasteiger partial charge in [0.15, 0.2) is 0 Å². The minimum Gasteiger partial charge on any atom is -0.210 e. The number of hydrogen-bond acceptors (Lipinski definition) is 3. The molecule has 2 nitrogen and oxygen atoms in total. The quantitative estimate of drug-likeness (QED) is 0.382. The molecule has 1 aromatic rings. The lowest BCUT2D eigenvalue weighted by atomic mass is 10.2. The van der Waals surface area contributed by atoms with Gasteiger partial charge in [0.1, 0.15) is 0 Å². The highest BCUT2D eigenvalue weighted by atomic mass is 32.2. The average Bonchev–Trinajstić information content (AvgIpc) is 2.04. The fourth-order valence-corrected chi connectivity index (χ4v) is 1.07. The van der Waals surface area contributed by atoms with Crippen LogP contribution in [0.4, 0.5) is 0 Å². The Balaban J connectivity index is 2.73. The van der Waals surface area contributed by atoms with E-state index in [9.17, 15) is 4.79 Å². The zero-order valence-electron chi connectivity index (χ0n) is 6.07. The Bertz CT molecular complexity index is 275. The van der Waals surface area contributed by atoms with Crippen molar-refractivity contribution in [1.82, 2.24) is 0 Å². The van der Waals surface area contributed by atoms with Gasteiger partial charge in [0, 0.05) is 16.8 Å². The van der Waals surface area contributed by atoms with Crippen LogP contribution in [0.25, 0.3) is 0 Å². The van der Waals surface area contributed by atoms with Crippen LogP contribution in [0.15, 0.2) is 33.6 Å². The monoisotopic (exact) mass is 165 g/mol. The van der Waals surface area contributed by atoms with Crippen molar-refractivity contribution >= 4 is 18.0 Å². The molecule has 0 aliphatic rings. The van der Waals surface area contributed by atoms with Crippen LogP contribution in [0.5, 0.6) is 0 Å². The summed E-state index contributed by atoms with van der Waals surface area (Å²) >= 11 is 1.13. The zero-order chi connectivity index (χ0) is 8.10. The van der Waals surface area contributed by atoms with E-state index in [1.807, 2.05) is 31.2 Å². The maximum absolute atomic E-state index is 9.73. The Morgan fingerprint density at radius 3 is 2.55 bits per heavy atom. The first-order valence-electron chi connectivity index (χ1n) is 3.14. The van der Waals surface area contributed by atoms with E-state index < -0.39 is 0 Å². The third-order valence-corrected chi connectivity index (χ3v) is 1.86. The van der Waals surface area contributed by atoms with Gasteiger partial charge in [0.05, 0.1) is 0 Å². The minimum absolute atomic E-state index is 0.957. The van der Waals surface area contributed by atoms with Crippen LogP contribution in [0.1, 0.15) is 5.56 Å². The predicted octanol–water partition coefficient (Wildman–Crippen LogP) is 2.34. The van der Waals surface area contributed by atoms with E-state index in [2.05, 4.69) is 4.40 Å². The summed E-state index contributed by atoms with van der Waals surface area (Å²) in [5, 5.41) is 0. The fraction of sp³-hybridized carbons (Fsp3) is 0.125. The molecule has 0 aromatic heterocycles. The standard InChI is InChI=1S/C8H7NOS/c1-7-2-4-8(5-3-7)11-9-6-10/h2-5H,1H3. The Morgan fingerprint density at radius 2 is 2.00 bits per heavy atom. The van der Waals surface area contributed by atoms with Crippen LogP contribution in [-0.4, -0.2) is 6.08 Å². The molecule has 0 radical (unpaired) electrons. The van der Waals surface area contributed by atoms with Crippen LogP contribution < -0.4 is 0 Å². The number of benzene rings is 1. The summed E-state index contributed by atoms with van der Waals surface area (Å²) < 4.78 is 3.38. The van der Waals surface area contributed by atoms with Crippen LogP contribution in [0, 0.1) is 6.92 Å². The normalized spacial score (nSPS) is 8.82. The summed E-state index contributed by atoms with van der Waals surface area (Å²) in [5.41, 5.74) is 1.20. The molecule has 0 atom stereocenters. The topological polar surface area (TPSA) is 29.4 Å². The van der Waals surface area contributed by atoms with Crippen LogP contribution in [-0.2, 0) is 4.79 Å². The molecule has 0 N–H and O–H groups in total. The highest BCUT2D eigenvalue weighted by Crippen LogP contribution is 2.17. The van der Waals surface area contributed by atoms with Gasteiger partial charge >= 0.3 is 0 Å². The van der Waals surface area contributed by atoms with Crippen molar-refractivity contribution in [2.75, 3.05) is 0 Å². The molecule has 0 aliphatic heterocycles. The molecule has 0 saturated carbocycles. The van der Waals surface area contributed by atoms with Gasteiger partial charge in [-0.25, -0.2) is 4.79 Å². The summed E-state index contributed by atoms with van der Waals surface area (Å²) in [4.78, 5) is 10.7. The largest absolute Gasteiger partial charge is 0.247 e. The average molecular weight is 165 g/mol. The summed E-state index contributed by atoms with van der Waals surface area (Å²) in [5.74, 6) is 0. The molecular formula is C8H7NOS. The van der Waals surface area contributed by atoms with E-state index in [4.69, 9.17) is 0 Å². The molecule has 56 valence electrons. The highest BCUT2D eigenvalue weighted by Gasteiger charge is 1.89. The first-order valence-corrected chi connectivity index (χ1v) is 3.91. The van der Waals surface area contributed by atoms with Crippen molar-refractivity contribution in [3.05, 3.63) is 29.8 Å². The number of aryl methyl sites for hydroxylation is 1. The van der Waals surface area contributed by atoms with Gasteiger partial charge in [-0.05, 0) is 19.1 Å². The third kappa shape index (κ3) is 2.58. The van der Waals surface area contributed by atoms with E-state index in [0.717, 1.165) is 16.8 Å². The smallest absolute Gasteiger partial charge is 0.210 e. The molecule has 0 heterocycles. The Labute approximate surface area is 69.5 Å². The van der Waals surface area contributed by atoms with Gasteiger partial charge in [-0.15, -0.1) is 4.40 Å². The van der Waals surface area contributed by atoms with Gasteiger partial charge in [0.2, 0.25) is 6.08 Å². The van der Waals surface area contributed by atoms with Gasteiger partial charge in [-0.3, -0.25) is 0 Å². The van der Waals surface area contributed by atoms with Gasteiger partial charge in [-0.2, -0.15) is 0 Å². The lowest BCUT2D eigenvalue weighted by Gasteiger charge is -1.93. The van der Waals surface area contributed by atoms with E-state index >= 15 is 0 Å². The highest BCUT2D eigenvalue weighted by molar-refractivity contribution is 7.98. The molecule has 0 amide bonds. The van der Waals surface area contributed by atoms with Crippen molar-refractivity contribution < 1.29 is 4.79 Å². The SMILES string of the molecule is Cc1ccc(SN=C=O)cc1. The van der Waals surface area contributed by atoms with E-state index in [0.29, 0.717) is 0 Å². The predicted molar refractivity (Wildman–Crippen MR) is 45.2 cm³/mol. The van der Waals surface area contributed by atoms with Gasteiger partial charge in [-0.1, -0.05) is 17.7 Å². The fourth-order valence-electron chi connectivity index (χ4n) is 0.670. The maximum atomic E-state index is 9.73. The summed E-state index contributed by atoms with van der Waals surface area (Å²) in [6.07, 6.45) is 1.47. The number of isocyanates is 1. The maximum Gasteiger partial charge on any atom is 0.247 e. The Hall–Kier alpha value is -1.05. The summed E-state index contributed by atoms with van der Waals surface area (Å²) in [6, 6.07) is 7.78. The lowest BCUT2D eigenvalue weighted by Crippen LogP contribution is -1.70. The molecule has 0 fully saturated rings. The van der Waals surface area contributed by atoms with Crippen molar-refractivity contribution in [3.63, 3.8) is 0 Å². The number of carbonyl (C=O) groups excluding carboxylic acids is 1. The molecular weight excluding hydrogens is 158 g/mol. The minimum atomic E-state index is 0.957. The van der Waals surface area contributed by atoms with Crippen LogP contribution in [0.2, 0.25) is 0 Å². The Morgan fingerprint density at radius 1 is 1.36 bits per heavy atom. The van der Waals surface area contributed by atoms with Crippen LogP contribution >= 0.6 is 11.9 Å².